The summed E-state index contributed by atoms with van der Waals surface area (Å²) in [5, 5.41) is 0. The van der Waals surface area contributed by atoms with Crippen molar-refractivity contribution < 1.29 is 9.53 Å². The van der Waals surface area contributed by atoms with Crippen molar-refractivity contribution in [2.75, 3.05) is 25.6 Å². The zero-order valence-electron chi connectivity index (χ0n) is 12.3. The van der Waals surface area contributed by atoms with Gasteiger partial charge >= 0.3 is 11.7 Å². The minimum absolute atomic E-state index is 0.213. The largest absolute Gasteiger partial charge is 0.462 e. The number of carbonyl (C=O) groups excluding carboxylic acids is 1. The lowest BCUT2D eigenvalue weighted by molar-refractivity contribution is 0.0508. The molecule has 22 heavy (non-hydrogen) atoms. The molecule has 7 heteroatoms. The molecule has 0 radical (unpaired) electrons. The van der Waals surface area contributed by atoms with E-state index in [-0.39, 0.29) is 6.61 Å². The average molecular weight is 366 g/mol. The Morgan fingerprint density at radius 1 is 1.41 bits per heavy atom. The van der Waals surface area contributed by atoms with E-state index >= 15 is 0 Å². The third-order valence-corrected chi connectivity index (χ3v) is 3.73. The smallest absolute Gasteiger partial charge is 0.344 e. The first-order valence-electron chi connectivity index (χ1n) is 6.65. The first kappa shape index (κ1) is 16.2. The van der Waals surface area contributed by atoms with Gasteiger partial charge in [-0.1, -0.05) is 0 Å². The summed E-state index contributed by atoms with van der Waals surface area (Å²) in [5.41, 5.74) is 1.80. The molecule has 0 bridgehead atoms. The maximum absolute atomic E-state index is 12.1. The molecule has 1 N–H and O–H groups in total. The molecular formula is C15H16BrN3O3. The highest BCUT2D eigenvalue weighted by atomic mass is 79.9. The lowest BCUT2D eigenvalue weighted by Gasteiger charge is -2.14. The number of esters is 1. The van der Waals surface area contributed by atoms with Gasteiger partial charge in [0.15, 0.2) is 0 Å². The Kier molecular flexibility index (Phi) is 5.32. The average Bonchev–Trinajstić information content (AvgIpc) is 2.49. The van der Waals surface area contributed by atoms with Crippen LogP contribution in [0.25, 0.3) is 0 Å². The molecule has 116 valence electrons. The Labute approximate surface area is 136 Å². The predicted octanol–water partition coefficient (Wildman–Crippen LogP) is 2.00. The molecule has 0 unspecified atom stereocenters. The summed E-state index contributed by atoms with van der Waals surface area (Å²) in [6.07, 6.45) is 3.52. The fraction of sp³-hybridized carbons (Fsp3) is 0.267. The van der Waals surface area contributed by atoms with Crippen molar-refractivity contribution >= 4 is 27.6 Å². The Morgan fingerprint density at radius 3 is 2.82 bits per heavy atom. The number of nitrogens with one attached hydrogen (secondary N) is 1. The first-order chi connectivity index (χ1) is 10.5. The topological polar surface area (TPSA) is 75.3 Å². The molecule has 0 aliphatic carbocycles. The highest BCUT2D eigenvalue weighted by Gasteiger charge is 2.13. The van der Waals surface area contributed by atoms with E-state index in [4.69, 9.17) is 4.74 Å². The maximum atomic E-state index is 12.1. The van der Waals surface area contributed by atoms with Crippen molar-refractivity contribution in [1.29, 1.82) is 0 Å². The molecular weight excluding hydrogens is 350 g/mol. The first-order valence-corrected chi connectivity index (χ1v) is 7.44. The van der Waals surface area contributed by atoms with Gasteiger partial charge in [0.05, 0.1) is 12.2 Å². The summed E-state index contributed by atoms with van der Waals surface area (Å²) in [6.45, 7) is 0.213. The number of aromatic amines is 1. The van der Waals surface area contributed by atoms with Crippen LogP contribution in [-0.2, 0) is 11.2 Å². The highest BCUT2D eigenvalue weighted by molar-refractivity contribution is 9.10. The number of halogens is 1. The Balaban J connectivity index is 1.98. The van der Waals surface area contributed by atoms with Gasteiger partial charge < -0.3 is 14.6 Å². The molecule has 2 rings (SSSR count). The molecule has 0 spiro atoms. The summed E-state index contributed by atoms with van der Waals surface area (Å²) >= 11 is 3.36. The Bertz CT molecular complexity index is 708. The molecule has 0 fully saturated rings. The molecule has 0 saturated heterocycles. The number of aromatic nitrogens is 2. The van der Waals surface area contributed by atoms with Gasteiger partial charge in [-0.2, -0.15) is 0 Å². The quantitative estimate of drug-likeness (QED) is 0.820. The van der Waals surface area contributed by atoms with Crippen molar-refractivity contribution in [2.24, 2.45) is 0 Å². The Morgan fingerprint density at radius 2 is 2.18 bits per heavy atom. The molecule has 0 aliphatic rings. The number of rotatable bonds is 5. The van der Waals surface area contributed by atoms with Gasteiger partial charge in [-0.15, -0.1) is 0 Å². The Hall–Kier alpha value is -2.15. The van der Waals surface area contributed by atoms with Gasteiger partial charge in [0.2, 0.25) is 0 Å². The van der Waals surface area contributed by atoms with Crippen molar-refractivity contribution in [2.45, 2.75) is 6.42 Å². The van der Waals surface area contributed by atoms with Crippen LogP contribution in [0.4, 0.5) is 5.69 Å². The molecule has 1 aromatic carbocycles. The molecule has 0 amide bonds. The molecule has 0 saturated carbocycles. The predicted molar refractivity (Wildman–Crippen MR) is 87.3 cm³/mol. The zero-order valence-corrected chi connectivity index (χ0v) is 13.9. The molecule has 0 aliphatic heterocycles. The molecule has 6 nitrogen and oxygen atoms in total. The fourth-order valence-corrected chi connectivity index (χ4v) is 2.20. The van der Waals surface area contributed by atoms with Crippen LogP contribution in [0.3, 0.4) is 0 Å². The summed E-state index contributed by atoms with van der Waals surface area (Å²) in [4.78, 5) is 31.0. The number of hydrogen-bond donors (Lipinski definition) is 1. The second-order valence-electron chi connectivity index (χ2n) is 4.87. The number of anilines is 1. The van der Waals surface area contributed by atoms with E-state index in [2.05, 4.69) is 25.9 Å². The standard InChI is InChI=1S/C15H16BrN3O3/c1-19(2)11-3-4-13(16)12(7-11)14(20)22-6-5-10-8-17-15(21)18-9-10/h3-4,7-9H,5-6H2,1-2H3,(H,17,18,21). The van der Waals surface area contributed by atoms with Crippen LogP contribution in [0.5, 0.6) is 0 Å². The summed E-state index contributed by atoms with van der Waals surface area (Å²) in [6, 6.07) is 5.50. The van der Waals surface area contributed by atoms with Crippen molar-refractivity contribution in [3.8, 4) is 0 Å². The lowest BCUT2D eigenvalue weighted by Crippen LogP contribution is -2.13. The van der Waals surface area contributed by atoms with E-state index in [0.29, 0.717) is 16.5 Å². The van der Waals surface area contributed by atoms with Gasteiger partial charge in [-0.3, -0.25) is 0 Å². The van der Waals surface area contributed by atoms with Gasteiger partial charge in [0.1, 0.15) is 0 Å². The molecule has 0 atom stereocenters. The van der Waals surface area contributed by atoms with Gasteiger partial charge in [0, 0.05) is 43.1 Å². The fourth-order valence-electron chi connectivity index (χ4n) is 1.79. The van der Waals surface area contributed by atoms with Crippen molar-refractivity contribution in [1.82, 2.24) is 9.97 Å². The number of nitrogens with zero attached hydrogens (tertiary/aromatic N) is 2. The second-order valence-corrected chi connectivity index (χ2v) is 5.73. The van der Waals surface area contributed by atoms with Gasteiger partial charge in [-0.25, -0.2) is 14.6 Å². The van der Waals surface area contributed by atoms with Crippen LogP contribution < -0.4 is 10.6 Å². The van der Waals surface area contributed by atoms with Crippen molar-refractivity contribution in [3.05, 3.63) is 56.7 Å². The maximum Gasteiger partial charge on any atom is 0.344 e. The van der Waals surface area contributed by atoms with Crippen LogP contribution >= 0.6 is 15.9 Å². The van der Waals surface area contributed by atoms with Crippen LogP contribution in [0.1, 0.15) is 15.9 Å². The third kappa shape index (κ3) is 4.17. The van der Waals surface area contributed by atoms with Gasteiger partial charge in [0.25, 0.3) is 0 Å². The van der Waals surface area contributed by atoms with E-state index in [1.807, 2.05) is 31.1 Å². The van der Waals surface area contributed by atoms with Crippen molar-refractivity contribution in [3.63, 3.8) is 0 Å². The summed E-state index contributed by atoms with van der Waals surface area (Å²) in [5.74, 6) is -0.395. The molecule has 2 aromatic rings. The van der Waals surface area contributed by atoms with Crippen LogP contribution in [0.15, 0.2) is 39.9 Å². The van der Waals surface area contributed by atoms with E-state index in [0.717, 1.165) is 11.3 Å². The lowest BCUT2D eigenvalue weighted by atomic mass is 10.2. The summed E-state index contributed by atoms with van der Waals surface area (Å²) in [7, 11) is 3.81. The zero-order chi connectivity index (χ0) is 16.1. The van der Waals surface area contributed by atoms with Crippen LogP contribution in [0, 0.1) is 0 Å². The third-order valence-electron chi connectivity index (χ3n) is 3.04. The number of ether oxygens (including phenoxy) is 1. The number of hydrogen-bond acceptors (Lipinski definition) is 5. The van der Waals surface area contributed by atoms with Gasteiger partial charge in [-0.05, 0) is 39.7 Å². The minimum atomic E-state index is -0.398. The summed E-state index contributed by atoms with van der Waals surface area (Å²) < 4.78 is 5.96. The highest BCUT2D eigenvalue weighted by Crippen LogP contribution is 2.23. The van der Waals surface area contributed by atoms with E-state index in [9.17, 15) is 9.59 Å². The monoisotopic (exact) mass is 365 g/mol. The minimum Gasteiger partial charge on any atom is -0.462 e. The number of H-pyrrole nitrogens is 1. The molecule has 1 aromatic heterocycles. The second kappa shape index (κ2) is 7.22. The molecule has 1 heterocycles. The van der Waals surface area contributed by atoms with E-state index in [1.165, 1.54) is 6.20 Å². The van der Waals surface area contributed by atoms with Crippen LogP contribution in [-0.4, -0.2) is 36.6 Å². The number of benzene rings is 1. The number of carbonyl (C=O) groups is 1. The SMILES string of the molecule is CN(C)c1ccc(Br)c(C(=O)OCCc2cnc(=O)[nH]c2)c1. The van der Waals surface area contributed by atoms with Crippen LogP contribution in [0.2, 0.25) is 0 Å². The van der Waals surface area contributed by atoms with E-state index in [1.54, 1.807) is 12.3 Å². The normalized spacial score (nSPS) is 10.3. The van der Waals surface area contributed by atoms with E-state index < -0.39 is 11.7 Å².